The van der Waals surface area contributed by atoms with Crippen molar-refractivity contribution in [2.45, 2.75) is 32.6 Å². The van der Waals surface area contributed by atoms with Crippen LogP contribution >= 0.6 is 0 Å². The van der Waals surface area contributed by atoms with Gasteiger partial charge in [0.25, 0.3) is 0 Å². The lowest BCUT2D eigenvalue weighted by atomic mass is 9.89. The molecule has 0 aromatic heterocycles. The van der Waals surface area contributed by atoms with Crippen molar-refractivity contribution >= 4 is 23.1 Å². The maximum absolute atomic E-state index is 12.6. The van der Waals surface area contributed by atoms with Crippen LogP contribution in [0.25, 0.3) is 0 Å². The number of likely N-dealkylation sites (tertiary alicyclic amines) is 1. The quantitative estimate of drug-likeness (QED) is 0.735. The highest BCUT2D eigenvalue weighted by atomic mass is 16.2. The van der Waals surface area contributed by atoms with Crippen molar-refractivity contribution in [3.05, 3.63) is 59.7 Å². The number of nitrogens with one attached hydrogen (secondary N) is 1. The van der Waals surface area contributed by atoms with Crippen molar-refractivity contribution in [1.29, 1.82) is 0 Å². The van der Waals surface area contributed by atoms with E-state index in [-0.39, 0.29) is 17.6 Å². The van der Waals surface area contributed by atoms with Crippen molar-refractivity contribution in [1.82, 2.24) is 4.90 Å². The Morgan fingerprint density at radius 2 is 1.67 bits per heavy atom. The van der Waals surface area contributed by atoms with Crippen molar-refractivity contribution in [3.63, 3.8) is 0 Å². The zero-order chi connectivity index (χ0) is 20.9. The first-order chi connectivity index (χ1) is 14.6. The Hall–Kier alpha value is -2.66. The summed E-state index contributed by atoms with van der Waals surface area (Å²) in [6, 6.07) is 15.7. The number of hydrogen-bond acceptors (Lipinski definition) is 4. The smallest absolute Gasteiger partial charge is 0.238 e. The van der Waals surface area contributed by atoms with Crippen LogP contribution in [0.15, 0.2) is 48.5 Å². The molecule has 2 aliphatic heterocycles. The fourth-order valence-corrected chi connectivity index (χ4v) is 4.64. The summed E-state index contributed by atoms with van der Waals surface area (Å²) in [6.45, 7) is 6.29. The summed E-state index contributed by atoms with van der Waals surface area (Å²) in [7, 11) is 0. The number of carbonyl (C=O) groups excluding carboxylic acids is 2. The normalized spacial score (nSPS) is 17.8. The lowest BCUT2D eigenvalue weighted by Gasteiger charge is -2.30. The van der Waals surface area contributed by atoms with Crippen molar-refractivity contribution in [3.8, 4) is 0 Å². The molecule has 2 aromatic carbocycles. The molecule has 2 saturated heterocycles. The number of benzene rings is 2. The van der Waals surface area contributed by atoms with Crippen LogP contribution in [0.5, 0.6) is 0 Å². The van der Waals surface area contributed by atoms with Gasteiger partial charge in [-0.1, -0.05) is 30.3 Å². The van der Waals surface area contributed by atoms with Gasteiger partial charge in [-0.05, 0) is 69.5 Å². The molecule has 1 amide bonds. The maximum Gasteiger partial charge on any atom is 0.238 e. The van der Waals surface area contributed by atoms with E-state index in [1.54, 1.807) is 0 Å². The van der Waals surface area contributed by atoms with E-state index in [1.807, 2.05) is 36.4 Å². The number of ketones is 1. The highest BCUT2D eigenvalue weighted by Crippen LogP contribution is 2.27. The average molecular weight is 406 g/mol. The first kappa shape index (κ1) is 20.6. The molecule has 2 heterocycles. The predicted molar refractivity (Wildman–Crippen MR) is 121 cm³/mol. The minimum absolute atomic E-state index is 0.0103. The molecular weight excluding hydrogens is 374 g/mol. The molecule has 5 nitrogen and oxygen atoms in total. The Morgan fingerprint density at radius 1 is 0.967 bits per heavy atom. The SMILES string of the molecule is Cc1cc(NC(=O)CN2CCC(C(=O)c3ccccc3)CC2)ccc1N1CCCC1. The number of aryl methyl sites for hydroxylation is 1. The van der Waals surface area contributed by atoms with Gasteiger partial charge in [0, 0.05) is 35.9 Å². The van der Waals surface area contributed by atoms with Gasteiger partial charge in [-0.2, -0.15) is 0 Å². The second kappa shape index (κ2) is 9.43. The van der Waals surface area contributed by atoms with Gasteiger partial charge < -0.3 is 10.2 Å². The molecular formula is C25H31N3O2. The third-order valence-electron chi connectivity index (χ3n) is 6.31. The van der Waals surface area contributed by atoms with Gasteiger partial charge in [0.2, 0.25) is 5.91 Å². The molecule has 2 fully saturated rings. The Balaban J connectivity index is 1.26. The highest BCUT2D eigenvalue weighted by molar-refractivity contribution is 5.98. The van der Waals surface area contributed by atoms with Gasteiger partial charge in [0.05, 0.1) is 6.54 Å². The van der Waals surface area contributed by atoms with E-state index >= 15 is 0 Å². The molecule has 158 valence electrons. The summed E-state index contributed by atoms with van der Waals surface area (Å²) in [5.74, 6) is 0.303. The average Bonchev–Trinajstić information content (AvgIpc) is 3.29. The molecule has 0 radical (unpaired) electrons. The van der Waals surface area contributed by atoms with E-state index in [2.05, 4.69) is 34.2 Å². The van der Waals surface area contributed by atoms with Crippen LogP contribution in [0.1, 0.15) is 41.6 Å². The van der Waals surface area contributed by atoms with E-state index in [9.17, 15) is 9.59 Å². The molecule has 0 aliphatic carbocycles. The molecule has 0 atom stereocenters. The number of nitrogens with zero attached hydrogens (tertiary/aromatic N) is 2. The summed E-state index contributed by atoms with van der Waals surface area (Å²) in [4.78, 5) is 29.7. The van der Waals surface area contributed by atoms with E-state index in [1.165, 1.54) is 24.1 Å². The molecule has 0 bridgehead atoms. The number of Topliss-reactive ketones (excluding diaryl/α,β-unsaturated/α-hetero) is 1. The Bertz CT molecular complexity index is 883. The van der Waals surface area contributed by atoms with E-state index in [0.717, 1.165) is 50.3 Å². The van der Waals surface area contributed by atoms with Gasteiger partial charge >= 0.3 is 0 Å². The van der Waals surface area contributed by atoms with Gasteiger partial charge in [-0.15, -0.1) is 0 Å². The number of piperidine rings is 1. The van der Waals surface area contributed by atoms with Gasteiger partial charge in [0.1, 0.15) is 0 Å². The summed E-state index contributed by atoms with van der Waals surface area (Å²) < 4.78 is 0. The van der Waals surface area contributed by atoms with Gasteiger partial charge in [0.15, 0.2) is 5.78 Å². The van der Waals surface area contributed by atoms with Crippen LogP contribution in [0.4, 0.5) is 11.4 Å². The molecule has 1 N–H and O–H groups in total. The zero-order valence-electron chi connectivity index (χ0n) is 17.8. The first-order valence-electron chi connectivity index (χ1n) is 11.1. The fraction of sp³-hybridized carbons (Fsp3) is 0.440. The van der Waals surface area contributed by atoms with Crippen LogP contribution in [0, 0.1) is 12.8 Å². The fourth-order valence-electron chi connectivity index (χ4n) is 4.64. The van der Waals surface area contributed by atoms with Gasteiger partial charge in [-0.25, -0.2) is 0 Å². The second-order valence-corrected chi connectivity index (χ2v) is 8.52. The first-order valence-corrected chi connectivity index (χ1v) is 11.1. The molecule has 2 aromatic rings. The minimum atomic E-state index is 0.0103. The third-order valence-corrected chi connectivity index (χ3v) is 6.31. The Labute approximate surface area is 179 Å². The second-order valence-electron chi connectivity index (χ2n) is 8.52. The lowest BCUT2D eigenvalue weighted by molar-refractivity contribution is -0.117. The van der Waals surface area contributed by atoms with E-state index < -0.39 is 0 Å². The van der Waals surface area contributed by atoms with Crippen molar-refractivity contribution < 1.29 is 9.59 Å². The molecule has 0 spiro atoms. The summed E-state index contributed by atoms with van der Waals surface area (Å²) in [5.41, 5.74) is 4.13. The Kier molecular flexibility index (Phi) is 6.48. The topological polar surface area (TPSA) is 52.7 Å². The number of carbonyl (C=O) groups is 2. The summed E-state index contributed by atoms with van der Waals surface area (Å²) >= 11 is 0. The number of amides is 1. The number of rotatable bonds is 6. The predicted octanol–water partition coefficient (Wildman–Crippen LogP) is 4.13. The van der Waals surface area contributed by atoms with Gasteiger partial charge in [-0.3, -0.25) is 14.5 Å². The number of anilines is 2. The van der Waals surface area contributed by atoms with Crippen LogP contribution in [0.2, 0.25) is 0 Å². The summed E-state index contributed by atoms with van der Waals surface area (Å²) in [6.07, 6.45) is 4.13. The molecule has 0 saturated carbocycles. The van der Waals surface area contributed by atoms with Crippen LogP contribution in [-0.2, 0) is 4.79 Å². The van der Waals surface area contributed by atoms with Crippen molar-refractivity contribution in [2.24, 2.45) is 5.92 Å². The molecule has 0 unspecified atom stereocenters. The highest BCUT2D eigenvalue weighted by Gasteiger charge is 2.26. The maximum atomic E-state index is 12.6. The van der Waals surface area contributed by atoms with Crippen LogP contribution < -0.4 is 10.2 Å². The van der Waals surface area contributed by atoms with Crippen LogP contribution in [0.3, 0.4) is 0 Å². The third kappa shape index (κ3) is 4.90. The molecule has 4 rings (SSSR count). The molecule has 2 aliphatic rings. The van der Waals surface area contributed by atoms with Crippen LogP contribution in [-0.4, -0.2) is 49.3 Å². The van der Waals surface area contributed by atoms with E-state index in [0.29, 0.717) is 6.54 Å². The molecule has 30 heavy (non-hydrogen) atoms. The van der Waals surface area contributed by atoms with Crippen molar-refractivity contribution in [2.75, 3.05) is 42.9 Å². The van der Waals surface area contributed by atoms with E-state index in [4.69, 9.17) is 0 Å². The standard InChI is InChI=1S/C25H31N3O2/c1-19-17-22(9-10-23(19)28-13-5-6-14-28)26-24(29)18-27-15-11-21(12-16-27)25(30)20-7-3-2-4-8-20/h2-4,7-10,17,21H,5-6,11-16,18H2,1H3,(H,26,29). The monoisotopic (exact) mass is 405 g/mol. The minimum Gasteiger partial charge on any atom is -0.371 e. The summed E-state index contributed by atoms with van der Waals surface area (Å²) in [5, 5.41) is 3.04. The largest absolute Gasteiger partial charge is 0.371 e. The molecule has 5 heteroatoms. The zero-order valence-corrected chi connectivity index (χ0v) is 17.8. The number of hydrogen-bond donors (Lipinski definition) is 1. The Morgan fingerprint density at radius 3 is 2.33 bits per heavy atom. The lowest BCUT2D eigenvalue weighted by Crippen LogP contribution is -2.40.